The number of allylic oxidation sites excluding steroid dienone is 3. The van der Waals surface area contributed by atoms with Crippen LogP contribution < -0.4 is 4.74 Å². The minimum atomic E-state index is -0.576. The van der Waals surface area contributed by atoms with Gasteiger partial charge in [-0.25, -0.2) is 4.39 Å². The molecular weight excluding hydrogens is 303 g/mol. The number of rotatable bonds is 6. The Kier molecular flexibility index (Phi) is 5.87. The van der Waals surface area contributed by atoms with Crippen molar-refractivity contribution in [3.63, 3.8) is 0 Å². The van der Waals surface area contributed by atoms with E-state index in [9.17, 15) is 9.50 Å². The lowest BCUT2D eigenvalue weighted by molar-refractivity contribution is 0.298. The first-order valence-corrected chi connectivity index (χ1v) is 8.89. The maximum absolute atomic E-state index is 14.2. The second-order valence-corrected chi connectivity index (χ2v) is 6.89. The van der Waals surface area contributed by atoms with Crippen molar-refractivity contribution in [1.29, 1.82) is 0 Å². The van der Waals surface area contributed by atoms with E-state index in [-0.39, 0.29) is 5.41 Å². The highest BCUT2D eigenvalue weighted by Gasteiger charge is 2.30. The Bertz CT molecular complexity index is 669. The van der Waals surface area contributed by atoms with Crippen LogP contribution in [0.2, 0.25) is 0 Å². The molecule has 0 spiro atoms. The van der Waals surface area contributed by atoms with Gasteiger partial charge in [0.25, 0.3) is 0 Å². The first kappa shape index (κ1) is 18.7. The minimum absolute atomic E-state index is 0.0317. The Hall–Kier alpha value is -1.61. The summed E-state index contributed by atoms with van der Waals surface area (Å²) in [5.41, 5.74) is 5.07. The summed E-state index contributed by atoms with van der Waals surface area (Å²) in [6, 6.07) is 4.14. The highest BCUT2D eigenvalue weighted by atomic mass is 19.1. The average molecular weight is 332 g/mol. The van der Waals surface area contributed by atoms with Crippen LogP contribution in [0.1, 0.15) is 70.6 Å². The zero-order valence-electron chi connectivity index (χ0n) is 15.5. The van der Waals surface area contributed by atoms with E-state index in [4.69, 9.17) is 4.74 Å². The van der Waals surface area contributed by atoms with Gasteiger partial charge in [0.05, 0.1) is 13.2 Å². The molecule has 1 aromatic carbocycles. The minimum Gasteiger partial charge on any atom is -0.493 e. The Labute approximate surface area is 145 Å². The molecule has 0 heterocycles. The Morgan fingerprint density at radius 3 is 2.50 bits per heavy atom. The standard InChI is InChI=1S/C21H29FO2/c1-6-14-9-10-21(4,5)18-12-20(24-8-3)17(11-16(14)18)15(7-2)19(22)13-23/h9,11-12,23H,6-8,10,13H2,1-5H3/b19-15+. The Morgan fingerprint density at radius 1 is 1.25 bits per heavy atom. The van der Waals surface area contributed by atoms with E-state index >= 15 is 0 Å². The normalized spacial score (nSPS) is 17.0. The summed E-state index contributed by atoms with van der Waals surface area (Å²) in [6.45, 7) is 10.4. The molecule has 0 saturated carbocycles. The van der Waals surface area contributed by atoms with Gasteiger partial charge in [0.1, 0.15) is 11.6 Å². The summed E-state index contributed by atoms with van der Waals surface area (Å²) in [4.78, 5) is 0. The summed E-state index contributed by atoms with van der Waals surface area (Å²) >= 11 is 0. The monoisotopic (exact) mass is 332 g/mol. The van der Waals surface area contributed by atoms with Gasteiger partial charge in [-0.05, 0) is 66.0 Å². The number of hydrogen-bond acceptors (Lipinski definition) is 2. The number of ether oxygens (including phenoxy) is 1. The van der Waals surface area contributed by atoms with Crippen LogP contribution >= 0.6 is 0 Å². The van der Waals surface area contributed by atoms with Gasteiger partial charge in [0.15, 0.2) is 0 Å². The number of halogens is 1. The van der Waals surface area contributed by atoms with Crippen molar-refractivity contribution in [2.24, 2.45) is 0 Å². The maximum atomic E-state index is 14.2. The van der Waals surface area contributed by atoms with Crippen molar-refractivity contribution in [1.82, 2.24) is 0 Å². The third-order valence-corrected chi connectivity index (χ3v) is 4.88. The molecule has 0 unspecified atom stereocenters. The van der Waals surface area contributed by atoms with Crippen LogP contribution in [0.15, 0.2) is 24.0 Å². The third kappa shape index (κ3) is 3.41. The van der Waals surface area contributed by atoms with Crippen LogP contribution in [0.25, 0.3) is 11.1 Å². The SMILES string of the molecule is CCOc1cc2c(cc1/C(CC)=C(/F)CO)C(CC)=CCC2(C)C. The second kappa shape index (κ2) is 7.52. The molecule has 1 aromatic rings. The average Bonchev–Trinajstić information content (AvgIpc) is 2.56. The van der Waals surface area contributed by atoms with Crippen LogP contribution in [0.4, 0.5) is 4.39 Å². The second-order valence-electron chi connectivity index (χ2n) is 6.89. The molecule has 0 aliphatic heterocycles. The van der Waals surface area contributed by atoms with Crippen molar-refractivity contribution in [2.75, 3.05) is 13.2 Å². The van der Waals surface area contributed by atoms with Crippen LogP contribution in [0.5, 0.6) is 5.75 Å². The van der Waals surface area contributed by atoms with Crippen molar-refractivity contribution >= 4 is 11.1 Å². The highest BCUT2D eigenvalue weighted by Crippen LogP contribution is 2.44. The Morgan fingerprint density at radius 2 is 1.96 bits per heavy atom. The number of fused-ring (bicyclic) bond motifs is 1. The first-order chi connectivity index (χ1) is 11.4. The summed E-state index contributed by atoms with van der Waals surface area (Å²) < 4.78 is 20.1. The lowest BCUT2D eigenvalue weighted by Gasteiger charge is -2.33. The van der Waals surface area contributed by atoms with E-state index in [1.54, 1.807) is 0 Å². The molecule has 0 atom stereocenters. The van der Waals surface area contributed by atoms with E-state index in [2.05, 4.69) is 39.0 Å². The fraction of sp³-hybridized carbons (Fsp3) is 0.524. The van der Waals surface area contributed by atoms with Gasteiger partial charge in [0.2, 0.25) is 0 Å². The zero-order chi connectivity index (χ0) is 17.9. The molecule has 1 N–H and O–H groups in total. The fourth-order valence-corrected chi connectivity index (χ4v) is 3.47. The maximum Gasteiger partial charge on any atom is 0.129 e. The lowest BCUT2D eigenvalue weighted by Crippen LogP contribution is -2.22. The van der Waals surface area contributed by atoms with Gasteiger partial charge in [-0.3, -0.25) is 0 Å². The molecular formula is C21H29FO2. The van der Waals surface area contributed by atoms with Gasteiger partial charge in [-0.1, -0.05) is 33.8 Å². The molecule has 24 heavy (non-hydrogen) atoms. The number of aliphatic hydroxyl groups excluding tert-OH is 1. The molecule has 0 fully saturated rings. The van der Waals surface area contributed by atoms with E-state index in [1.807, 2.05) is 13.8 Å². The molecule has 0 saturated heterocycles. The Balaban J connectivity index is 2.76. The van der Waals surface area contributed by atoms with Gasteiger partial charge in [-0.2, -0.15) is 0 Å². The molecule has 1 aliphatic carbocycles. The molecule has 2 nitrogen and oxygen atoms in total. The number of benzene rings is 1. The number of aliphatic hydroxyl groups is 1. The van der Waals surface area contributed by atoms with Crippen molar-refractivity contribution in [3.05, 3.63) is 40.7 Å². The smallest absolute Gasteiger partial charge is 0.129 e. The summed E-state index contributed by atoms with van der Waals surface area (Å²) in [6.07, 6.45) is 4.75. The molecule has 0 amide bonds. The van der Waals surface area contributed by atoms with Crippen LogP contribution in [-0.4, -0.2) is 18.3 Å². The van der Waals surface area contributed by atoms with Gasteiger partial charge < -0.3 is 9.84 Å². The van der Waals surface area contributed by atoms with E-state index in [0.717, 1.165) is 18.4 Å². The van der Waals surface area contributed by atoms with Crippen molar-refractivity contribution in [2.45, 2.75) is 59.3 Å². The summed E-state index contributed by atoms with van der Waals surface area (Å²) in [5, 5.41) is 9.25. The van der Waals surface area contributed by atoms with E-state index in [0.29, 0.717) is 24.4 Å². The van der Waals surface area contributed by atoms with Gasteiger partial charge in [0, 0.05) is 5.56 Å². The largest absolute Gasteiger partial charge is 0.493 e. The molecule has 0 radical (unpaired) electrons. The molecule has 0 aromatic heterocycles. The van der Waals surface area contributed by atoms with Crippen LogP contribution in [0.3, 0.4) is 0 Å². The molecule has 2 rings (SSSR count). The first-order valence-electron chi connectivity index (χ1n) is 8.89. The van der Waals surface area contributed by atoms with Crippen LogP contribution in [-0.2, 0) is 5.41 Å². The quantitative estimate of drug-likeness (QED) is 0.730. The lowest BCUT2D eigenvalue weighted by atomic mass is 9.72. The van der Waals surface area contributed by atoms with Crippen molar-refractivity contribution in [3.8, 4) is 5.75 Å². The molecule has 1 aliphatic rings. The van der Waals surface area contributed by atoms with E-state index in [1.165, 1.54) is 16.7 Å². The molecule has 3 heteroatoms. The summed E-state index contributed by atoms with van der Waals surface area (Å²) in [7, 11) is 0. The van der Waals surface area contributed by atoms with Crippen molar-refractivity contribution < 1.29 is 14.2 Å². The zero-order valence-corrected chi connectivity index (χ0v) is 15.5. The fourth-order valence-electron chi connectivity index (χ4n) is 3.47. The molecule has 132 valence electrons. The topological polar surface area (TPSA) is 29.5 Å². The van der Waals surface area contributed by atoms with Crippen LogP contribution in [0, 0.1) is 0 Å². The predicted molar refractivity (Wildman–Crippen MR) is 98.9 cm³/mol. The predicted octanol–water partition coefficient (Wildman–Crippen LogP) is 5.64. The summed E-state index contributed by atoms with van der Waals surface area (Å²) in [5.74, 6) is 0.234. The van der Waals surface area contributed by atoms with Gasteiger partial charge in [-0.15, -0.1) is 0 Å². The van der Waals surface area contributed by atoms with E-state index < -0.39 is 12.4 Å². The van der Waals surface area contributed by atoms with Gasteiger partial charge >= 0.3 is 0 Å². The third-order valence-electron chi connectivity index (χ3n) is 4.88. The molecule has 0 bridgehead atoms. The number of hydrogen-bond donors (Lipinski definition) is 1. The highest BCUT2D eigenvalue weighted by molar-refractivity contribution is 5.80.